The van der Waals surface area contributed by atoms with E-state index in [0.717, 1.165) is 17.0 Å². The van der Waals surface area contributed by atoms with Gasteiger partial charge in [-0.25, -0.2) is 9.97 Å². The first-order chi connectivity index (χ1) is 9.52. The maximum absolute atomic E-state index is 11.8. The molecule has 0 spiro atoms. The molecule has 1 heterocycles. The number of aromatic nitrogens is 2. The van der Waals surface area contributed by atoms with Crippen LogP contribution < -0.4 is 10.1 Å². The Kier molecular flexibility index (Phi) is 4.30. The van der Waals surface area contributed by atoms with Crippen LogP contribution in [0.1, 0.15) is 17.0 Å². The third-order valence-electron chi connectivity index (χ3n) is 2.62. The molecule has 5 heteroatoms. The van der Waals surface area contributed by atoms with Gasteiger partial charge in [0.1, 0.15) is 5.75 Å². The molecule has 1 N–H and O–H groups in total. The Labute approximate surface area is 118 Å². The Balaban J connectivity index is 1.90. The highest BCUT2D eigenvalue weighted by Gasteiger charge is 2.06. The Morgan fingerprint density at radius 2 is 1.70 bits per heavy atom. The van der Waals surface area contributed by atoms with Crippen LogP contribution in [0.3, 0.4) is 0 Å². The number of carbonyl (C=O) groups is 1. The molecule has 1 aromatic heterocycles. The molecule has 104 valence electrons. The summed E-state index contributed by atoms with van der Waals surface area (Å²) in [5, 5.41) is 2.62. The second-order valence-corrected chi connectivity index (χ2v) is 4.62. The van der Waals surface area contributed by atoms with Crippen molar-refractivity contribution in [3.63, 3.8) is 0 Å². The van der Waals surface area contributed by atoms with Gasteiger partial charge < -0.3 is 4.74 Å². The van der Waals surface area contributed by atoms with Crippen molar-refractivity contribution in [3.8, 4) is 5.75 Å². The summed E-state index contributed by atoms with van der Waals surface area (Å²) in [6.45, 7) is 5.63. The third kappa shape index (κ3) is 4.05. The average Bonchev–Trinajstić information content (AvgIpc) is 2.37. The van der Waals surface area contributed by atoms with Crippen LogP contribution >= 0.6 is 0 Å². The van der Waals surface area contributed by atoms with Gasteiger partial charge in [-0.2, -0.15) is 0 Å². The average molecular weight is 271 g/mol. The highest BCUT2D eigenvalue weighted by Crippen LogP contribution is 2.11. The lowest BCUT2D eigenvalue weighted by Crippen LogP contribution is -2.21. The van der Waals surface area contributed by atoms with Crippen molar-refractivity contribution in [1.29, 1.82) is 0 Å². The number of hydrogen-bond acceptors (Lipinski definition) is 4. The van der Waals surface area contributed by atoms with Crippen LogP contribution in [0.4, 0.5) is 5.95 Å². The van der Waals surface area contributed by atoms with Crippen molar-refractivity contribution >= 4 is 11.9 Å². The molecule has 2 aromatic rings. The molecule has 0 aliphatic carbocycles. The molecule has 0 radical (unpaired) electrons. The molecule has 0 atom stereocenters. The van der Waals surface area contributed by atoms with E-state index in [2.05, 4.69) is 15.3 Å². The third-order valence-corrected chi connectivity index (χ3v) is 2.62. The van der Waals surface area contributed by atoms with Crippen molar-refractivity contribution in [1.82, 2.24) is 9.97 Å². The highest BCUT2D eigenvalue weighted by molar-refractivity contribution is 5.90. The van der Waals surface area contributed by atoms with Gasteiger partial charge in [0.15, 0.2) is 6.61 Å². The minimum Gasteiger partial charge on any atom is -0.484 e. The van der Waals surface area contributed by atoms with E-state index in [0.29, 0.717) is 11.7 Å². The Bertz CT molecular complexity index is 589. The second kappa shape index (κ2) is 6.14. The number of aryl methyl sites for hydroxylation is 3. The first-order valence-electron chi connectivity index (χ1n) is 6.34. The first-order valence-corrected chi connectivity index (χ1v) is 6.34. The predicted molar refractivity (Wildman–Crippen MR) is 76.8 cm³/mol. The summed E-state index contributed by atoms with van der Waals surface area (Å²) in [6, 6.07) is 9.37. The largest absolute Gasteiger partial charge is 0.484 e. The molecule has 1 amide bonds. The van der Waals surface area contributed by atoms with Crippen LogP contribution in [-0.4, -0.2) is 22.5 Å². The fourth-order valence-corrected chi connectivity index (χ4v) is 1.73. The van der Waals surface area contributed by atoms with E-state index < -0.39 is 0 Å². The van der Waals surface area contributed by atoms with E-state index in [1.54, 1.807) is 0 Å². The lowest BCUT2D eigenvalue weighted by atomic mass is 10.2. The minimum atomic E-state index is -0.282. The molecule has 0 aliphatic rings. The van der Waals surface area contributed by atoms with Crippen LogP contribution in [0.2, 0.25) is 0 Å². The summed E-state index contributed by atoms with van der Waals surface area (Å²) in [6.07, 6.45) is 0. The number of hydrogen-bond donors (Lipinski definition) is 1. The van der Waals surface area contributed by atoms with E-state index in [9.17, 15) is 4.79 Å². The zero-order chi connectivity index (χ0) is 14.5. The van der Waals surface area contributed by atoms with Crippen LogP contribution in [0.25, 0.3) is 0 Å². The van der Waals surface area contributed by atoms with Gasteiger partial charge in [-0.3, -0.25) is 10.1 Å². The molecule has 5 nitrogen and oxygen atoms in total. The molecular formula is C15H17N3O2. The van der Waals surface area contributed by atoms with Crippen molar-refractivity contribution in [2.75, 3.05) is 11.9 Å². The van der Waals surface area contributed by atoms with Crippen molar-refractivity contribution in [2.45, 2.75) is 20.8 Å². The van der Waals surface area contributed by atoms with Gasteiger partial charge in [0.2, 0.25) is 5.95 Å². The van der Waals surface area contributed by atoms with Gasteiger partial charge >= 0.3 is 0 Å². The monoisotopic (exact) mass is 271 g/mol. The Hall–Kier alpha value is -2.43. The highest BCUT2D eigenvalue weighted by atomic mass is 16.5. The Morgan fingerprint density at radius 1 is 1.10 bits per heavy atom. The summed E-state index contributed by atoms with van der Waals surface area (Å²) in [7, 11) is 0. The van der Waals surface area contributed by atoms with Gasteiger partial charge in [-0.1, -0.05) is 17.7 Å². The van der Waals surface area contributed by atoms with Crippen LogP contribution in [-0.2, 0) is 4.79 Å². The SMILES string of the molecule is Cc1ccc(OCC(=O)Nc2nc(C)cc(C)n2)cc1. The summed E-state index contributed by atoms with van der Waals surface area (Å²) < 4.78 is 5.39. The van der Waals surface area contributed by atoms with Gasteiger partial charge in [-0.15, -0.1) is 0 Å². The first kappa shape index (κ1) is 14.0. The van der Waals surface area contributed by atoms with Gasteiger partial charge in [0, 0.05) is 11.4 Å². The molecule has 0 unspecified atom stereocenters. The quantitative estimate of drug-likeness (QED) is 0.927. The number of ether oxygens (including phenoxy) is 1. The number of benzene rings is 1. The topological polar surface area (TPSA) is 64.1 Å². The standard InChI is InChI=1S/C15H17N3O2/c1-10-4-6-13(7-5-10)20-9-14(19)18-15-16-11(2)8-12(3)17-15/h4-8H,9H2,1-3H3,(H,16,17,18,19). The van der Waals surface area contributed by atoms with Gasteiger partial charge in [-0.05, 0) is 39.0 Å². The van der Waals surface area contributed by atoms with Gasteiger partial charge in [0.25, 0.3) is 5.91 Å². The molecular weight excluding hydrogens is 254 g/mol. The minimum absolute atomic E-state index is 0.0700. The van der Waals surface area contributed by atoms with E-state index in [1.807, 2.05) is 51.1 Å². The normalized spacial score (nSPS) is 10.2. The molecule has 1 aromatic carbocycles. The van der Waals surface area contributed by atoms with E-state index in [4.69, 9.17) is 4.74 Å². The zero-order valence-corrected chi connectivity index (χ0v) is 11.8. The van der Waals surface area contributed by atoms with Gasteiger partial charge in [0.05, 0.1) is 0 Å². The smallest absolute Gasteiger partial charge is 0.264 e. The molecule has 20 heavy (non-hydrogen) atoms. The fourth-order valence-electron chi connectivity index (χ4n) is 1.73. The lowest BCUT2D eigenvalue weighted by molar-refractivity contribution is -0.118. The molecule has 0 saturated heterocycles. The number of rotatable bonds is 4. The number of nitrogens with one attached hydrogen (secondary N) is 1. The molecule has 0 aliphatic heterocycles. The predicted octanol–water partition coefficient (Wildman–Crippen LogP) is 2.42. The maximum atomic E-state index is 11.8. The lowest BCUT2D eigenvalue weighted by Gasteiger charge is -2.07. The second-order valence-electron chi connectivity index (χ2n) is 4.62. The van der Waals surface area contributed by atoms with Crippen LogP contribution in [0.5, 0.6) is 5.75 Å². The van der Waals surface area contributed by atoms with Crippen molar-refractivity contribution in [3.05, 3.63) is 47.3 Å². The number of anilines is 1. The van der Waals surface area contributed by atoms with E-state index in [1.165, 1.54) is 0 Å². The number of carbonyl (C=O) groups excluding carboxylic acids is 1. The Morgan fingerprint density at radius 3 is 2.30 bits per heavy atom. The molecule has 0 fully saturated rings. The van der Waals surface area contributed by atoms with E-state index >= 15 is 0 Å². The molecule has 2 rings (SSSR count). The molecule has 0 bridgehead atoms. The number of nitrogens with zero attached hydrogens (tertiary/aromatic N) is 2. The van der Waals surface area contributed by atoms with Crippen LogP contribution in [0, 0.1) is 20.8 Å². The summed E-state index contributed by atoms with van der Waals surface area (Å²) in [5.74, 6) is 0.683. The number of amides is 1. The van der Waals surface area contributed by atoms with E-state index in [-0.39, 0.29) is 12.5 Å². The maximum Gasteiger partial charge on any atom is 0.264 e. The van der Waals surface area contributed by atoms with Crippen molar-refractivity contribution in [2.24, 2.45) is 0 Å². The molecule has 0 saturated carbocycles. The zero-order valence-electron chi connectivity index (χ0n) is 11.8. The van der Waals surface area contributed by atoms with Crippen LogP contribution in [0.15, 0.2) is 30.3 Å². The summed E-state index contributed by atoms with van der Waals surface area (Å²) in [5.41, 5.74) is 2.77. The fraction of sp³-hybridized carbons (Fsp3) is 0.267. The summed E-state index contributed by atoms with van der Waals surface area (Å²) >= 11 is 0. The van der Waals surface area contributed by atoms with Crippen molar-refractivity contribution < 1.29 is 9.53 Å². The summed E-state index contributed by atoms with van der Waals surface area (Å²) in [4.78, 5) is 20.0.